The average Bonchev–Trinajstić information content (AvgIpc) is 3.24. The van der Waals surface area contributed by atoms with Crippen molar-refractivity contribution in [2.45, 2.75) is 102 Å². The fraction of sp³-hybridized carbons (Fsp3) is 0.704. The Morgan fingerprint density at radius 1 is 1.14 bits per heavy atom. The molecule has 3 aliphatic rings. The minimum atomic E-state index is -1.74. The summed E-state index contributed by atoms with van der Waals surface area (Å²) in [6.45, 7) is 6.58. The van der Waals surface area contributed by atoms with Crippen LogP contribution in [0.3, 0.4) is 0 Å². The van der Waals surface area contributed by atoms with Gasteiger partial charge >= 0.3 is 5.69 Å². The van der Waals surface area contributed by atoms with E-state index in [0.29, 0.717) is 5.92 Å². The molecule has 0 bridgehead atoms. The highest BCUT2D eigenvalue weighted by Gasteiger charge is 2.52. The summed E-state index contributed by atoms with van der Waals surface area (Å²) in [7, 11) is 1.22. The highest BCUT2D eigenvalue weighted by atomic mass is 16.7. The number of carbonyl (C=O) groups is 2. The zero-order valence-corrected chi connectivity index (χ0v) is 24.0. The maximum absolute atomic E-state index is 13.0. The molecule has 234 valence electrons. The summed E-state index contributed by atoms with van der Waals surface area (Å²) in [5, 5.41) is 34.8. The molecule has 1 aromatic rings. The molecular weight excluding hydrogens is 556 g/mol. The standard InChI is InChI=1S/C27H40N4O11/c1-27(2,3)12-5-7-13(8-6-12)29-23(37)15-11-14(32)17(34)25(40-15)42-21(22(28)36)20-19(39-4)18(35)24(41-20)31-10-9-16(33)30-26(31)38/h9-14,17-21,24-25,32,34-35H,5-8H2,1-4H3,(H2,28,36)(H,29,37)(H,30,33,38)/t12?,13?,14-,17-,18+,19-,20-,21+,24+,25+/m0/s1. The van der Waals surface area contributed by atoms with Gasteiger partial charge in [-0.05, 0) is 43.1 Å². The second-order valence-corrected chi connectivity index (χ2v) is 12.0. The number of aromatic amines is 1. The van der Waals surface area contributed by atoms with Crippen molar-refractivity contribution >= 4 is 11.8 Å². The lowest BCUT2D eigenvalue weighted by Crippen LogP contribution is -2.54. The molecule has 2 fully saturated rings. The number of H-pyrrole nitrogens is 1. The number of primary amides is 1. The van der Waals surface area contributed by atoms with Gasteiger partial charge in [0.2, 0.25) is 12.2 Å². The SMILES string of the molecule is CO[C@H]1[C@@H](O)[C@H](n2ccc(=O)[nH]c2=O)O[C@@H]1[C@@H](O[C@H]1OC(C(=O)NC2CCC(C(C)(C)C)CC2)=C[C@H](O)[C@@H]1O)C(N)=O. The third-order valence-electron chi connectivity index (χ3n) is 8.21. The molecule has 0 aromatic carbocycles. The van der Waals surface area contributed by atoms with Gasteiger partial charge in [-0.15, -0.1) is 0 Å². The van der Waals surface area contributed by atoms with Crippen molar-refractivity contribution in [1.82, 2.24) is 14.9 Å². The van der Waals surface area contributed by atoms with Crippen molar-refractivity contribution in [2.24, 2.45) is 17.1 Å². The summed E-state index contributed by atoms with van der Waals surface area (Å²) in [4.78, 5) is 51.4. The van der Waals surface area contributed by atoms with Gasteiger partial charge in [0.15, 0.2) is 18.1 Å². The van der Waals surface area contributed by atoms with Crippen molar-refractivity contribution in [3.63, 3.8) is 0 Å². The molecule has 1 saturated heterocycles. The molecule has 0 radical (unpaired) electrons. The Labute approximate surface area is 241 Å². The number of carbonyl (C=O) groups excluding carboxylic acids is 2. The maximum Gasteiger partial charge on any atom is 0.330 e. The molecule has 0 unspecified atom stereocenters. The number of nitrogens with one attached hydrogen (secondary N) is 2. The Morgan fingerprint density at radius 3 is 2.38 bits per heavy atom. The Hall–Kier alpha value is -3.08. The van der Waals surface area contributed by atoms with Crippen LogP contribution in [-0.2, 0) is 28.5 Å². The summed E-state index contributed by atoms with van der Waals surface area (Å²) >= 11 is 0. The first-order valence-corrected chi connectivity index (χ1v) is 13.9. The number of aromatic nitrogens is 2. The highest BCUT2D eigenvalue weighted by Crippen LogP contribution is 2.38. The molecule has 15 nitrogen and oxygen atoms in total. The van der Waals surface area contributed by atoms with Gasteiger partial charge in [-0.25, -0.2) is 4.79 Å². The summed E-state index contributed by atoms with van der Waals surface area (Å²) in [5.41, 5.74) is 4.19. The minimum absolute atomic E-state index is 0.105. The highest BCUT2D eigenvalue weighted by molar-refractivity contribution is 5.92. The van der Waals surface area contributed by atoms with Crippen LogP contribution in [0.4, 0.5) is 0 Å². The number of aliphatic hydroxyl groups is 3. The molecule has 42 heavy (non-hydrogen) atoms. The van der Waals surface area contributed by atoms with E-state index in [1.54, 1.807) is 0 Å². The number of hydrogen-bond acceptors (Lipinski definition) is 11. The van der Waals surface area contributed by atoms with Gasteiger partial charge in [-0.3, -0.25) is 23.9 Å². The lowest BCUT2D eigenvalue weighted by molar-refractivity contribution is -0.241. The summed E-state index contributed by atoms with van der Waals surface area (Å²) in [6, 6.07) is 0.934. The van der Waals surface area contributed by atoms with Gasteiger partial charge < -0.3 is 45.3 Å². The Kier molecular flexibility index (Phi) is 9.59. The summed E-state index contributed by atoms with van der Waals surface area (Å²) in [6.07, 6.45) is -6.84. The van der Waals surface area contributed by atoms with Crippen LogP contribution in [0.25, 0.3) is 0 Å². The quantitative estimate of drug-likeness (QED) is 0.200. The lowest BCUT2D eigenvalue weighted by atomic mass is 9.71. The van der Waals surface area contributed by atoms with Crippen molar-refractivity contribution in [3.8, 4) is 0 Å². The van der Waals surface area contributed by atoms with E-state index in [1.807, 2.05) is 4.98 Å². The molecular formula is C27H40N4O11. The predicted molar refractivity (Wildman–Crippen MR) is 144 cm³/mol. The van der Waals surface area contributed by atoms with E-state index in [4.69, 9.17) is 24.7 Å². The largest absolute Gasteiger partial charge is 0.456 e. The zero-order valence-electron chi connectivity index (χ0n) is 24.0. The fourth-order valence-corrected chi connectivity index (χ4v) is 5.75. The molecule has 0 spiro atoms. The van der Waals surface area contributed by atoms with E-state index >= 15 is 0 Å². The van der Waals surface area contributed by atoms with Crippen LogP contribution < -0.4 is 22.3 Å². The Bertz CT molecular complexity index is 1280. The fourth-order valence-electron chi connectivity index (χ4n) is 5.75. The topological polar surface area (TPSA) is 225 Å². The van der Waals surface area contributed by atoms with Crippen LogP contribution in [0.15, 0.2) is 33.7 Å². The number of nitrogens with two attached hydrogens (primary N) is 1. The van der Waals surface area contributed by atoms with Gasteiger partial charge in [0, 0.05) is 25.4 Å². The smallest absolute Gasteiger partial charge is 0.330 e. The van der Waals surface area contributed by atoms with Gasteiger partial charge in [0.1, 0.15) is 30.5 Å². The predicted octanol–water partition coefficient (Wildman–Crippen LogP) is -1.64. The third kappa shape index (κ3) is 6.76. The van der Waals surface area contributed by atoms with Gasteiger partial charge in [0.25, 0.3) is 11.5 Å². The van der Waals surface area contributed by atoms with Crippen LogP contribution in [0.2, 0.25) is 0 Å². The number of amides is 2. The van der Waals surface area contributed by atoms with Gasteiger partial charge in [-0.1, -0.05) is 20.8 Å². The number of aliphatic hydroxyl groups excluding tert-OH is 3. The second kappa shape index (κ2) is 12.7. The van der Waals surface area contributed by atoms with Crippen LogP contribution >= 0.6 is 0 Å². The maximum atomic E-state index is 13.0. The van der Waals surface area contributed by atoms with Crippen molar-refractivity contribution < 1.29 is 43.9 Å². The number of methoxy groups -OCH3 is 1. The van der Waals surface area contributed by atoms with Gasteiger partial charge in [0.05, 0.1) is 0 Å². The van der Waals surface area contributed by atoms with Gasteiger partial charge in [-0.2, -0.15) is 0 Å². The molecule has 4 rings (SSSR count). The normalized spacial score (nSPS) is 34.3. The molecule has 7 N–H and O–H groups in total. The number of nitrogens with zero attached hydrogens (tertiary/aromatic N) is 1. The van der Waals surface area contributed by atoms with Crippen LogP contribution in [0.5, 0.6) is 0 Å². The molecule has 1 aromatic heterocycles. The Balaban J connectivity index is 1.47. The zero-order chi connectivity index (χ0) is 30.9. The van der Waals surface area contributed by atoms with Crippen LogP contribution in [0.1, 0.15) is 52.7 Å². The van der Waals surface area contributed by atoms with E-state index in [9.17, 15) is 34.5 Å². The average molecular weight is 597 g/mol. The molecule has 15 heteroatoms. The third-order valence-corrected chi connectivity index (χ3v) is 8.21. The molecule has 3 heterocycles. The van der Waals surface area contributed by atoms with Crippen molar-refractivity contribution in [1.29, 1.82) is 0 Å². The van der Waals surface area contributed by atoms with Crippen molar-refractivity contribution in [3.05, 3.63) is 44.9 Å². The molecule has 1 saturated carbocycles. The molecule has 2 amide bonds. The second-order valence-electron chi connectivity index (χ2n) is 12.0. The van der Waals surface area contributed by atoms with E-state index in [1.165, 1.54) is 7.11 Å². The van der Waals surface area contributed by atoms with E-state index < -0.39 is 72.2 Å². The Morgan fingerprint density at radius 2 is 1.81 bits per heavy atom. The van der Waals surface area contributed by atoms with E-state index in [-0.39, 0.29) is 17.2 Å². The lowest BCUT2D eigenvalue weighted by Gasteiger charge is -2.38. The monoisotopic (exact) mass is 596 g/mol. The van der Waals surface area contributed by atoms with E-state index in [0.717, 1.165) is 48.6 Å². The summed E-state index contributed by atoms with van der Waals surface area (Å²) in [5.74, 6) is -1.51. The molecule has 8 atom stereocenters. The number of rotatable bonds is 8. The first-order chi connectivity index (χ1) is 19.7. The first-order valence-electron chi connectivity index (χ1n) is 13.9. The minimum Gasteiger partial charge on any atom is -0.456 e. The van der Waals surface area contributed by atoms with Crippen LogP contribution in [-0.4, -0.2) is 92.8 Å². The first kappa shape index (κ1) is 31.8. The number of ether oxygens (including phenoxy) is 4. The number of hydrogen-bond donors (Lipinski definition) is 6. The van der Waals surface area contributed by atoms with Crippen LogP contribution in [0, 0.1) is 11.3 Å². The van der Waals surface area contributed by atoms with Crippen molar-refractivity contribution in [2.75, 3.05) is 7.11 Å². The molecule has 1 aliphatic carbocycles. The van der Waals surface area contributed by atoms with E-state index in [2.05, 4.69) is 26.1 Å². The summed E-state index contributed by atoms with van der Waals surface area (Å²) < 4.78 is 23.2. The molecule has 2 aliphatic heterocycles.